The predicted molar refractivity (Wildman–Crippen MR) is 55.8 cm³/mol. The van der Waals surface area contributed by atoms with Crippen LogP contribution in [0.3, 0.4) is 0 Å². The lowest BCUT2D eigenvalue weighted by molar-refractivity contribution is -0.124. The van der Waals surface area contributed by atoms with Gasteiger partial charge in [0.25, 0.3) is 0 Å². The second kappa shape index (κ2) is 10.0. The maximum Gasteiger partial charge on any atom is 0.157 e. The fourth-order valence-corrected chi connectivity index (χ4v) is 1.37. The molecule has 0 aliphatic rings. The third-order valence-electron chi connectivity index (χ3n) is 2.16. The van der Waals surface area contributed by atoms with Gasteiger partial charge in [0.15, 0.2) is 6.29 Å². The molecule has 0 saturated carbocycles. The number of hydrogen-bond acceptors (Lipinski definition) is 2. The first-order valence-electron chi connectivity index (χ1n) is 5.49. The van der Waals surface area contributed by atoms with Gasteiger partial charge in [-0.1, -0.05) is 32.6 Å². The minimum absolute atomic E-state index is 0.0200. The number of unbranched alkanes of at least 4 members (excludes halogenated alkanes) is 4. The fourth-order valence-electron chi connectivity index (χ4n) is 1.37. The first-order chi connectivity index (χ1) is 6.35. The standard InChI is InChI=1S/C11H24O2/c1-4-6-7-8-9-10-11(12-3)13-5-2/h11H,4-10H2,1-3H3. The lowest BCUT2D eigenvalue weighted by Crippen LogP contribution is -2.14. The van der Waals surface area contributed by atoms with Crippen LogP contribution in [0.4, 0.5) is 0 Å². The number of ether oxygens (including phenoxy) is 2. The predicted octanol–water partition coefficient (Wildman–Crippen LogP) is 3.36. The number of rotatable bonds is 9. The van der Waals surface area contributed by atoms with Crippen LogP contribution in [-0.4, -0.2) is 20.0 Å². The molecule has 0 aliphatic heterocycles. The summed E-state index contributed by atoms with van der Waals surface area (Å²) in [6.07, 6.45) is 7.59. The van der Waals surface area contributed by atoms with Gasteiger partial charge in [-0.05, 0) is 19.8 Å². The Hall–Kier alpha value is -0.0800. The smallest absolute Gasteiger partial charge is 0.157 e. The van der Waals surface area contributed by atoms with Crippen molar-refractivity contribution in [2.24, 2.45) is 0 Å². The van der Waals surface area contributed by atoms with E-state index in [1.807, 2.05) is 6.92 Å². The summed E-state index contributed by atoms with van der Waals surface area (Å²) in [4.78, 5) is 0. The van der Waals surface area contributed by atoms with Gasteiger partial charge in [0.2, 0.25) is 0 Å². The molecule has 2 heteroatoms. The molecule has 13 heavy (non-hydrogen) atoms. The van der Waals surface area contributed by atoms with E-state index in [0.717, 1.165) is 13.0 Å². The minimum atomic E-state index is 0.0200. The molecule has 0 rings (SSSR count). The zero-order valence-corrected chi connectivity index (χ0v) is 9.34. The van der Waals surface area contributed by atoms with E-state index >= 15 is 0 Å². The quantitative estimate of drug-likeness (QED) is 0.408. The van der Waals surface area contributed by atoms with Gasteiger partial charge >= 0.3 is 0 Å². The van der Waals surface area contributed by atoms with Crippen LogP contribution in [0.2, 0.25) is 0 Å². The van der Waals surface area contributed by atoms with Gasteiger partial charge in [0.05, 0.1) is 0 Å². The van der Waals surface area contributed by atoms with E-state index in [9.17, 15) is 0 Å². The summed E-state index contributed by atoms with van der Waals surface area (Å²) in [5, 5.41) is 0. The molecule has 0 N–H and O–H groups in total. The Balaban J connectivity index is 3.17. The van der Waals surface area contributed by atoms with Gasteiger partial charge in [0, 0.05) is 13.7 Å². The van der Waals surface area contributed by atoms with Crippen molar-refractivity contribution in [1.82, 2.24) is 0 Å². The van der Waals surface area contributed by atoms with Gasteiger partial charge in [-0.3, -0.25) is 0 Å². The van der Waals surface area contributed by atoms with Crippen LogP contribution >= 0.6 is 0 Å². The van der Waals surface area contributed by atoms with E-state index in [1.165, 1.54) is 32.1 Å². The average molecular weight is 188 g/mol. The molecule has 1 atom stereocenters. The lowest BCUT2D eigenvalue weighted by Gasteiger charge is -2.14. The monoisotopic (exact) mass is 188 g/mol. The summed E-state index contributed by atoms with van der Waals surface area (Å²) in [5.74, 6) is 0. The number of hydrogen-bond donors (Lipinski definition) is 0. The largest absolute Gasteiger partial charge is 0.356 e. The van der Waals surface area contributed by atoms with Crippen molar-refractivity contribution in [2.75, 3.05) is 13.7 Å². The topological polar surface area (TPSA) is 18.5 Å². The third kappa shape index (κ3) is 8.26. The summed E-state index contributed by atoms with van der Waals surface area (Å²) in [5.41, 5.74) is 0. The minimum Gasteiger partial charge on any atom is -0.356 e. The molecule has 0 radical (unpaired) electrons. The van der Waals surface area contributed by atoms with Gasteiger partial charge in [-0.15, -0.1) is 0 Å². The Kier molecular flexibility index (Phi) is 9.94. The molecular formula is C11H24O2. The Morgan fingerprint density at radius 1 is 1.00 bits per heavy atom. The molecule has 0 saturated heterocycles. The lowest BCUT2D eigenvalue weighted by atomic mass is 10.1. The normalized spacial score (nSPS) is 13.2. The van der Waals surface area contributed by atoms with Gasteiger partial charge < -0.3 is 9.47 Å². The molecule has 0 aromatic heterocycles. The molecular weight excluding hydrogens is 164 g/mol. The van der Waals surface area contributed by atoms with Crippen molar-refractivity contribution in [2.45, 2.75) is 58.7 Å². The highest BCUT2D eigenvalue weighted by Crippen LogP contribution is 2.09. The van der Waals surface area contributed by atoms with Gasteiger partial charge in [-0.2, -0.15) is 0 Å². The second-order valence-corrected chi connectivity index (χ2v) is 3.32. The summed E-state index contributed by atoms with van der Waals surface area (Å²) in [7, 11) is 1.71. The van der Waals surface area contributed by atoms with Crippen LogP contribution in [-0.2, 0) is 9.47 Å². The highest BCUT2D eigenvalue weighted by Gasteiger charge is 2.04. The second-order valence-electron chi connectivity index (χ2n) is 3.32. The highest BCUT2D eigenvalue weighted by molar-refractivity contribution is 4.47. The van der Waals surface area contributed by atoms with Gasteiger partial charge in [0.1, 0.15) is 0 Å². The van der Waals surface area contributed by atoms with E-state index in [2.05, 4.69) is 6.92 Å². The Labute approximate surface area is 82.6 Å². The average Bonchev–Trinajstić information content (AvgIpc) is 2.16. The summed E-state index contributed by atoms with van der Waals surface area (Å²) < 4.78 is 10.6. The molecule has 2 nitrogen and oxygen atoms in total. The Morgan fingerprint density at radius 3 is 2.23 bits per heavy atom. The van der Waals surface area contributed by atoms with Crippen molar-refractivity contribution in [1.29, 1.82) is 0 Å². The van der Waals surface area contributed by atoms with Crippen LogP contribution in [0.5, 0.6) is 0 Å². The van der Waals surface area contributed by atoms with Crippen molar-refractivity contribution in [3.8, 4) is 0 Å². The Bertz CT molecular complexity index is 94.1. The SMILES string of the molecule is CCCCCCCC(OC)OCC. The maximum atomic E-state index is 5.38. The van der Waals surface area contributed by atoms with E-state index in [1.54, 1.807) is 7.11 Å². The van der Waals surface area contributed by atoms with Crippen LogP contribution in [0.25, 0.3) is 0 Å². The fraction of sp³-hybridized carbons (Fsp3) is 1.00. The van der Waals surface area contributed by atoms with Crippen molar-refractivity contribution >= 4 is 0 Å². The molecule has 0 aromatic rings. The van der Waals surface area contributed by atoms with E-state index in [-0.39, 0.29) is 6.29 Å². The molecule has 0 aromatic carbocycles. The van der Waals surface area contributed by atoms with Crippen molar-refractivity contribution < 1.29 is 9.47 Å². The molecule has 0 amide bonds. The first-order valence-corrected chi connectivity index (χ1v) is 5.49. The molecule has 1 unspecified atom stereocenters. The molecule has 0 fully saturated rings. The summed E-state index contributed by atoms with van der Waals surface area (Å²) >= 11 is 0. The molecule has 0 bridgehead atoms. The van der Waals surface area contributed by atoms with E-state index in [4.69, 9.17) is 9.47 Å². The molecule has 0 spiro atoms. The summed E-state index contributed by atoms with van der Waals surface area (Å²) in [6, 6.07) is 0. The number of methoxy groups -OCH3 is 1. The molecule has 0 heterocycles. The zero-order valence-electron chi connectivity index (χ0n) is 9.34. The van der Waals surface area contributed by atoms with E-state index in [0.29, 0.717) is 0 Å². The van der Waals surface area contributed by atoms with Crippen molar-refractivity contribution in [3.05, 3.63) is 0 Å². The zero-order chi connectivity index (χ0) is 9.94. The van der Waals surface area contributed by atoms with Gasteiger partial charge in [-0.25, -0.2) is 0 Å². The van der Waals surface area contributed by atoms with Crippen LogP contribution in [0, 0.1) is 0 Å². The molecule has 0 aliphatic carbocycles. The van der Waals surface area contributed by atoms with Crippen LogP contribution < -0.4 is 0 Å². The van der Waals surface area contributed by atoms with Crippen LogP contribution in [0.1, 0.15) is 52.4 Å². The van der Waals surface area contributed by atoms with E-state index < -0.39 is 0 Å². The summed E-state index contributed by atoms with van der Waals surface area (Å²) in [6.45, 7) is 4.98. The van der Waals surface area contributed by atoms with Crippen LogP contribution in [0.15, 0.2) is 0 Å². The van der Waals surface area contributed by atoms with Crippen molar-refractivity contribution in [3.63, 3.8) is 0 Å². The highest BCUT2D eigenvalue weighted by atomic mass is 16.7. The molecule has 80 valence electrons. The maximum absolute atomic E-state index is 5.38. The third-order valence-corrected chi connectivity index (χ3v) is 2.16. The first kappa shape index (κ1) is 12.9. The Morgan fingerprint density at radius 2 is 1.69 bits per heavy atom.